The van der Waals surface area contributed by atoms with Gasteiger partial charge in [0.2, 0.25) is 0 Å². The van der Waals surface area contributed by atoms with Crippen LogP contribution in [0.15, 0.2) is 103 Å². The van der Waals surface area contributed by atoms with Gasteiger partial charge in [-0.15, -0.1) is 0 Å². The summed E-state index contributed by atoms with van der Waals surface area (Å²) in [5.74, 6) is 0.196. The highest BCUT2D eigenvalue weighted by Gasteiger charge is 2.35. The van der Waals surface area contributed by atoms with Gasteiger partial charge >= 0.3 is 12.4 Å². The molecule has 4 heterocycles. The fourth-order valence-electron chi connectivity index (χ4n) is 9.06. The highest BCUT2D eigenvalue weighted by atomic mass is 19.4. The van der Waals surface area contributed by atoms with E-state index in [4.69, 9.17) is 13.8 Å². The molecule has 0 spiro atoms. The number of hydrogen-bond acceptors (Lipinski definition) is 10. The third-order valence-electron chi connectivity index (χ3n) is 12.7. The third kappa shape index (κ3) is 8.21. The maximum absolute atomic E-state index is 14.5. The summed E-state index contributed by atoms with van der Waals surface area (Å²) in [6.45, 7) is 14.4. The minimum atomic E-state index is -4.62. The molecule has 10 rings (SSSR count). The molecule has 0 radical (unpaired) electrons. The van der Waals surface area contributed by atoms with Crippen LogP contribution in [0.2, 0.25) is 0 Å². The van der Waals surface area contributed by atoms with Crippen LogP contribution in [-0.4, -0.2) is 62.3 Å². The van der Waals surface area contributed by atoms with Gasteiger partial charge in [-0.2, -0.15) is 26.3 Å². The number of halogens is 6. The number of benzene rings is 6. The van der Waals surface area contributed by atoms with Crippen molar-refractivity contribution in [3.8, 4) is 45.2 Å². The van der Waals surface area contributed by atoms with E-state index in [1.165, 1.54) is 12.1 Å². The van der Waals surface area contributed by atoms with Gasteiger partial charge in [-0.3, -0.25) is 9.59 Å². The number of aromatic nitrogens is 2. The Bertz CT molecular complexity index is 3210. The number of piperazine rings is 2. The Morgan fingerprint density at radius 1 is 0.537 bits per heavy atom. The van der Waals surface area contributed by atoms with Crippen molar-refractivity contribution < 1.29 is 36.6 Å². The second-order valence-corrected chi connectivity index (χ2v) is 16.6. The van der Waals surface area contributed by atoms with Crippen molar-refractivity contribution in [2.45, 2.75) is 47.0 Å². The summed E-state index contributed by atoms with van der Waals surface area (Å²) in [5, 5.41) is 3.33. The van der Waals surface area contributed by atoms with Crippen LogP contribution in [0, 0.1) is 20.8 Å². The monoisotopic (exact) mass is 922 g/mol. The summed E-state index contributed by atoms with van der Waals surface area (Å²) in [6.07, 6.45) is -9.22. The lowest BCUT2D eigenvalue weighted by molar-refractivity contribution is -0.138. The summed E-state index contributed by atoms with van der Waals surface area (Å²) in [5.41, 5.74) is 3.89. The Kier molecular flexibility index (Phi) is 11.7. The van der Waals surface area contributed by atoms with Crippen molar-refractivity contribution in [2.24, 2.45) is 0 Å². The average molecular weight is 923 g/mol. The molecule has 0 atom stereocenters. The van der Waals surface area contributed by atoms with E-state index >= 15 is 0 Å². The lowest BCUT2D eigenvalue weighted by Crippen LogP contribution is -2.47. The van der Waals surface area contributed by atoms with Gasteiger partial charge in [-0.05, 0) is 98.1 Å². The van der Waals surface area contributed by atoms with Crippen LogP contribution in [0.5, 0.6) is 0 Å². The van der Waals surface area contributed by atoms with Gasteiger partial charge < -0.3 is 28.9 Å². The number of rotatable bonds is 5. The summed E-state index contributed by atoms with van der Waals surface area (Å²) in [7, 11) is 0. The normalized spacial score (nSPS) is 14.9. The first-order valence-electron chi connectivity index (χ1n) is 22.1. The largest absolute Gasteiger partial charge is 0.452 e. The zero-order valence-corrected chi connectivity index (χ0v) is 37.4. The van der Waals surface area contributed by atoms with Crippen LogP contribution in [-0.2, 0) is 12.4 Å². The lowest BCUT2D eigenvalue weighted by Gasteiger charge is -2.38. The summed E-state index contributed by atoms with van der Waals surface area (Å²) in [4.78, 5) is 44.2. The molecule has 2 saturated heterocycles. The number of nitrogens with one attached hydrogen (secondary N) is 1. The average Bonchev–Trinajstić information content (AvgIpc) is 3.33. The van der Waals surface area contributed by atoms with E-state index in [1.807, 2.05) is 55.1 Å². The zero-order chi connectivity index (χ0) is 47.5. The number of hydrogen-bond donors (Lipinski definition) is 1. The quantitative estimate of drug-likeness (QED) is 0.132. The van der Waals surface area contributed by atoms with Crippen molar-refractivity contribution in [3.05, 3.63) is 133 Å². The van der Waals surface area contributed by atoms with Crippen molar-refractivity contribution >= 4 is 39.3 Å². The van der Waals surface area contributed by atoms with E-state index in [0.29, 0.717) is 71.1 Å². The maximum Gasteiger partial charge on any atom is 0.416 e. The first kappa shape index (κ1) is 45.2. The summed E-state index contributed by atoms with van der Waals surface area (Å²) >= 11 is 0. The molecule has 67 heavy (non-hydrogen) atoms. The maximum atomic E-state index is 14.5. The first-order chi connectivity index (χ1) is 32.0. The SMILES string of the molecule is CC.Cc1c2nc3ccc(C(F)(F)F)cc3oc-2c(-c2ccc(N3CCN(c4c5nc6ccc(C(F)(F)F)cc6oc-5c(-c5ccc(N6CCNCC6)cc5)c(=O)c4C)CC3)cc2)c(=O)c1C.[HH]. The fourth-order valence-corrected chi connectivity index (χ4v) is 9.06. The number of alkyl halides is 6. The van der Waals surface area contributed by atoms with Crippen LogP contribution in [0.4, 0.5) is 43.4 Å². The van der Waals surface area contributed by atoms with Crippen LogP contribution >= 0.6 is 0 Å². The molecule has 0 unspecified atom stereocenters. The molecule has 0 bridgehead atoms. The first-order valence-corrected chi connectivity index (χ1v) is 22.1. The Balaban J connectivity index is 0.00000206. The standard InChI is InChI=1S/C49H40F6N6O4.C2H6.H2/c1-26-27(2)44(62)39(46-41(26)57-35-14-8-31(48(50,51)52)24-37(35)64-46)29-6-12-34(13-7-29)60-20-22-61(23-21-60)43-28(3)45(63)40(30-4-10-33(11-5-30)59-18-16-56-17-19-59)47-42(43)58-36-15-9-32(49(53,54)55)25-38(36)65-47;1-2;/h4-15,24-25,56H,16-23H2,1-3H3;1-2H3;1H. The van der Waals surface area contributed by atoms with Crippen LogP contribution in [0.25, 0.3) is 67.4 Å². The summed E-state index contributed by atoms with van der Waals surface area (Å²) in [6, 6.07) is 21.1. The molecule has 4 aliphatic heterocycles. The van der Waals surface area contributed by atoms with Crippen LogP contribution < -0.4 is 30.9 Å². The molecule has 0 saturated carbocycles. The zero-order valence-electron chi connectivity index (χ0n) is 37.4. The molecular weight excluding hydrogens is 875 g/mol. The fraction of sp³-hybridized carbons (Fsp3) is 0.294. The van der Waals surface area contributed by atoms with Gasteiger partial charge in [0.15, 0.2) is 33.5 Å². The Morgan fingerprint density at radius 3 is 1.43 bits per heavy atom. The van der Waals surface area contributed by atoms with Crippen molar-refractivity contribution in [3.63, 3.8) is 0 Å². The summed E-state index contributed by atoms with van der Waals surface area (Å²) < 4.78 is 94.7. The van der Waals surface area contributed by atoms with E-state index in [0.717, 1.165) is 61.8 Å². The molecule has 10 nitrogen and oxygen atoms in total. The second kappa shape index (κ2) is 17.4. The van der Waals surface area contributed by atoms with E-state index in [2.05, 4.69) is 20.1 Å². The predicted octanol–water partition coefficient (Wildman–Crippen LogP) is 11.2. The number of anilines is 3. The molecular formula is C51H48F6N6O4. The van der Waals surface area contributed by atoms with Gasteiger partial charge in [0.05, 0.1) is 27.9 Å². The minimum absolute atomic E-state index is 0. The smallest absolute Gasteiger partial charge is 0.416 e. The van der Waals surface area contributed by atoms with Gasteiger partial charge in [-0.1, -0.05) is 38.1 Å². The van der Waals surface area contributed by atoms with E-state index < -0.39 is 23.5 Å². The van der Waals surface area contributed by atoms with E-state index in [9.17, 15) is 35.9 Å². The third-order valence-corrected chi connectivity index (χ3v) is 12.7. The van der Waals surface area contributed by atoms with Crippen molar-refractivity contribution in [1.82, 2.24) is 15.3 Å². The highest BCUT2D eigenvalue weighted by Crippen LogP contribution is 2.43. The van der Waals surface area contributed by atoms with Gasteiger partial charge in [0.1, 0.15) is 22.4 Å². The topological polar surface area (TPSA) is 108 Å². The Labute approximate surface area is 382 Å². The lowest BCUT2D eigenvalue weighted by atomic mass is 9.93. The molecule has 0 amide bonds. The number of nitrogens with zero attached hydrogens (tertiary/aromatic N) is 5. The molecule has 1 N–H and O–H groups in total. The second-order valence-electron chi connectivity index (χ2n) is 16.6. The molecule has 4 aromatic rings. The Hall–Kier alpha value is -6.94. The Morgan fingerprint density at radius 2 is 0.955 bits per heavy atom. The molecule has 16 heteroatoms. The number of fused-ring (bicyclic) bond motifs is 4. The molecule has 4 aromatic carbocycles. The van der Waals surface area contributed by atoms with Gasteiger partial charge in [0.25, 0.3) is 0 Å². The molecule has 6 aliphatic rings. The molecule has 0 aromatic heterocycles. The van der Waals surface area contributed by atoms with Crippen molar-refractivity contribution in [2.75, 3.05) is 67.1 Å². The molecule has 348 valence electrons. The van der Waals surface area contributed by atoms with E-state index in [1.54, 1.807) is 32.9 Å². The molecule has 2 fully saturated rings. The minimum Gasteiger partial charge on any atom is -0.452 e. The van der Waals surface area contributed by atoms with E-state index in [-0.39, 0.29) is 57.1 Å². The highest BCUT2D eigenvalue weighted by molar-refractivity contribution is 5.92. The van der Waals surface area contributed by atoms with Gasteiger partial charge in [-0.25, -0.2) is 9.97 Å². The molecule has 2 aliphatic carbocycles. The van der Waals surface area contributed by atoms with Crippen molar-refractivity contribution in [1.29, 1.82) is 0 Å². The van der Waals surface area contributed by atoms with Crippen LogP contribution in [0.3, 0.4) is 0 Å². The van der Waals surface area contributed by atoms with Gasteiger partial charge in [0, 0.05) is 76.3 Å². The van der Waals surface area contributed by atoms with Crippen LogP contribution in [0.1, 0.15) is 43.1 Å². The predicted molar refractivity (Wildman–Crippen MR) is 252 cm³/mol.